The van der Waals surface area contributed by atoms with Crippen molar-refractivity contribution in [2.75, 3.05) is 19.7 Å². The molecule has 2 fully saturated rings. The summed E-state index contributed by atoms with van der Waals surface area (Å²) in [6.45, 7) is 7.28. The molecule has 1 aliphatic carbocycles. The lowest BCUT2D eigenvalue weighted by Crippen LogP contribution is -2.34. The summed E-state index contributed by atoms with van der Waals surface area (Å²) < 4.78 is 11.2. The lowest BCUT2D eigenvalue weighted by Gasteiger charge is -2.28. The lowest BCUT2D eigenvalue weighted by atomic mass is 9.82. The van der Waals surface area contributed by atoms with Crippen LogP contribution in [0.3, 0.4) is 0 Å². The van der Waals surface area contributed by atoms with Gasteiger partial charge in [0.05, 0.1) is 13.2 Å². The Morgan fingerprint density at radius 3 is 3.08 bits per heavy atom. The number of rotatable bonds is 5. The van der Waals surface area contributed by atoms with Crippen molar-refractivity contribution in [1.29, 1.82) is 0 Å². The van der Waals surface area contributed by atoms with E-state index in [-0.39, 0.29) is 5.41 Å². The standard InChI is InChI=1S/C17H23N5O2/c1-12-5-7-18-16(19-12)23-11-17-6-3-4-14(17)8-22(10-17)9-15-20-13(2)21-24-15/h5,7,14H,3-4,6,8-11H2,1-2H3. The van der Waals surface area contributed by atoms with Gasteiger partial charge in [-0.25, -0.2) is 9.97 Å². The first kappa shape index (κ1) is 15.5. The fourth-order valence-electron chi connectivity index (χ4n) is 4.18. The van der Waals surface area contributed by atoms with E-state index in [0.29, 0.717) is 30.3 Å². The zero-order valence-electron chi connectivity index (χ0n) is 14.2. The average Bonchev–Trinajstić information content (AvgIpc) is 3.20. The smallest absolute Gasteiger partial charge is 0.316 e. The average molecular weight is 329 g/mol. The molecule has 24 heavy (non-hydrogen) atoms. The van der Waals surface area contributed by atoms with Crippen LogP contribution in [0.1, 0.15) is 36.7 Å². The van der Waals surface area contributed by atoms with E-state index < -0.39 is 0 Å². The predicted molar refractivity (Wildman–Crippen MR) is 86.4 cm³/mol. The Balaban J connectivity index is 1.42. The highest BCUT2D eigenvalue weighted by atomic mass is 16.5. The molecule has 2 unspecified atom stereocenters. The van der Waals surface area contributed by atoms with Gasteiger partial charge in [-0.1, -0.05) is 11.6 Å². The molecule has 2 aliphatic rings. The van der Waals surface area contributed by atoms with E-state index in [0.717, 1.165) is 25.3 Å². The number of nitrogens with zero attached hydrogens (tertiary/aromatic N) is 5. The summed E-state index contributed by atoms with van der Waals surface area (Å²) in [7, 11) is 0. The van der Waals surface area contributed by atoms with Crippen molar-refractivity contribution in [2.24, 2.45) is 11.3 Å². The second-order valence-electron chi connectivity index (χ2n) is 7.13. The van der Waals surface area contributed by atoms with E-state index in [2.05, 4.69) is 25.0 Å². The SMILES string of the molecule is Cc1ccnc(OCC23CCCC2CN(Cc2nc(C)no2)C3)n1. The highest BCUT2D eigenvalue weighted by Gasteiger charge is 2.50. The Hall–Kier alpha value is -2.02. The molecule has 128 valence electrons. The quantitative estimate of drug-likeness (QED) is 0.832. The molecule has 0 spiro atoms. The zero-order valence-corrected chi connectivity index (χ0v) is 14.2. The molecule has 0 amide bonds. The van der Waals surface area contributed by atoms with Crippen molar-refractivity contribution >= 4 is 0 Å². The Kier molecular flexibility index (Phi) is 3.96. The normalized spacial score (nSPS) is 26.7. The molecule has 4 rings (SSSR count). The number of likely N-dealkylation sites (tertiary alicyclic amines) is 1. The summed E-state index contributed by atoms with van der Waals surface area (Å²) in [5, 5.41) is 3.88. The van der Waals surface area contributed by atoms with Crippen LogP contribution in [0.15, 0.2) is 16.8 Å². The monoisotopic (exact) mass is 329 g/mol. The molecule has 2 atom stereocenters. The first-order chi connectivity index (χ1) is 11.6. The van der Waals surface area contributed by atoms with Crippen molar-refractivity contribution in [3.8, 4) is 6.01 Å². The Morgan fingerprint density at radius 1 is 1.38 bits per heavy atom. The number of fused-ring (bicyclic) bond motifs is 1. The molecule has 2 aromatic heterocycles. The fourth-order valence-corrected chi connectivity index (χ4v) is 4.18. The van der Waals surface area contributed by atoms with Gasteiger partial charge in [0, 0.05) is 30.4 Å². The van der Waals surface area contributed by atoms with Gasteiger partial charge in [-0.3, -0.25) is 4.90 Å². The minimum Gasteiger partial charge on any atom is -0.463 e. The van der Waals surface area contributed by atoms with Crippen LogP contribution in [-0.4, -0.2) is 44.7 Å². The van der Waals surface area contributed by atoms with Crippen LogP contribution in [0, 0.1) is 25.2 Å². The molecule has 7 nitrogen and oxygen atoms in total. The maximum Gasteiger partial charge on any atom is 0.316 e. The molecule has 0 radical (unpaired) electrons. The maximum atomic E-state index is 5.98. The van der Waals surface area contributed by atoms with E-state index >= 15 is 0 Å². The third kappa shape index (κ3) is 3.00. The summed E-state index contributed by atoms with van der Waals surface area (Å²) in [4.78, 5) is 15.3. The van der Waals surface area contributed by atoms with E-state index in [9.17, 15) is 0 Å². The van der Waals surface area contributed by atoms with E-state index in [4.69, 9.17) is 9.26 Å². The topological polar surface area (TPSA) is 77.2 Å². The minimum absolute atomic E-state index is 0.197. The van der Waals surface area contributed by atoms with Gasteiger partial charge < -0.3 is 9.26 Å². The summed E-state index contributed by atoms with van der Waals surface area (Å²) in [5.74, 6) is 2.05. The fraction of sp³-hybridized carbons (Fsp3) is 0.647. The second-order valence-corrected chi connectivity index (χ2v) is 7.13. The highest BCUT2D eigenvalue weighted by Crippen LogP contribution is 2.49. The van der Waals surface area contributed by atoms with Crippen molar-refractivity contribution in [3.05, 3.63) is 29.7 Å². The predicted octanol–water partition coefficient (Wildman–Crippen LogP) is 2.16. The van der Waals surface area contributed by atoms with Gasteiger partial charge in [-0.2, -0.15) is 4.98 Å². The number of ether oxygens (including phenoxy) is 1. The van der Waals surface area contributed by atoms with E-state index in [1.165, 1.54) is 19.3 Å². The summed E-state index contributed by atoms with van der Waals surface area (Å²) in [6, 6.07) is 2.37. The molecule has 1 saturated heterocycles. The number of aryl methyl sites for hydroxylation is 2. The van der Waals surface area contributed by atoms with Crippen LogP contribution < -0.4 is 4.74 Å². The van der Waals surface area contributed by atoms with Gasteiger partial charge in [0.15, 0.2) is 5.82 Å². The molecule has 7 heteroatoms. The molecule has 1 aliphatic heterocycles. The maximum absolute atomic E-state index is 5.98. The molecular formula is C17H23N5O2. The van der Waals surface area contributed by atoms with Gasteiger partial charge in [0.25, 0.3) is 0 Å². The molecule has 3 heterocycles. The first-order valence-electron chi connectivity index (χ1n) is 8.57. The molecule has 0 bridgehead atoms. The summed E-state index contributed by atoms with van der Waals surface area (Å²) >= 11 is 0. The Morgan fingerprint density at radius 2 is 2.29 bits per heavy atom. The van der Waals surface area contributed by atoms with Crippen molar-refractivity contribution in [1.82, 2.24) is 25.0 Å². The molecule has 0 aromatic carbocycles. The number of hydrogen-bond acceptors (Lipinski definition) is 7. The summed E-state index contributed by atoms with van der Waals surface area (Å²) in [5.41, 5.74) is 1.13. The van der Waals surface area contributed by atoms with Crippen molar-refractivity contribution in [3.63, 3.8) is 0 Å². The number of hydrogen-bond donors (Lipinski definition) is 0. The van der Waals surface area contributed by atoms with E-state index in [1.54, 1.807) is 6.20 Å². The highest BCUT2D eigenvalue weighted by molar-refractivity contribution is 5.06. The molecule has 1 saturated carbocycles. The van der Waals surface area contributed by atoms with Crippen LogP contribution in [0.5, 0.6) is 6.01 Å². The van der Waals surface area contributed by atoms with Gasteiger partial charge >= 0.3 is 6.01 Å². The van der Waals surface area contributed by atoms with Crippen LogP contribution in [-0.2, 0) is 6.54 Å². The molecule has 0 N–H and O–H groups in total. The van der Waals surface area contributed by atoms with Gasteiger partial charge in [0.1, 0.15) is 0 Å². The third-order valence-electron chi connectivity index (χ3n) is 5.30. The van der Waals surface area contributed by atoms with Crippen LogP contribution in [0.4, 0.5) is 0 Å². The second kappa shape index (κ2) is 6.12. The van der Waals surface area contributed by atoms with Gasteiger partial charge in [-0.05, 0) is 38.7 Å². The van der Waals surface area contributed by atoms with Crippen molar-refractivity contribution in [2.45, 2.75) is 39.7 Å². The number of aromatic nitrogens is 4. The molecular weight excluding hydrogens is 306 g/mol. The summed E-state index contributed by atoms with van der Waals surface area (Å²) in [6.07, 6.45) is 5.48. The largest absolute Gasteiger partial charge is 0.463 e. The zero-order chi connectivity index (χ0) is 16.6. The van der Waals surface area contributed by atoms with Crippen LogP contribution in [0.2, 0.25) is 0 Å². The first-order valence-corrected chi connectivity index (χ1v) is 8.57. The van der Waals surface area contributed by atoms with Crippen LogP contribution in [0.25, 0.3) is 0 Å². The van der Waals surface area contributed by atoms with Gasteiger partial charge in [-0.15, -0.1) is 0 Å². The lowest BCUT2D eigenvalue weighted by molar-refractivity contribution is 0.118. The third-order valence-corrected chi connectivity index (χ3v) is 5.30. The Bertz CT molecular complexity index is 719. The van der Waals surface area contributed by atoms with Gasteiger partial charge in [0.2, 0.25) is 5.89 Å². The van der Waals surface area contributed by atoms with Crippen LogP contribution >= 0.6 is 0 Å². The minimum atomic E-state index is 0.197. The molecule has 2 aromatic rings. The van der Waals surface area contributed by atoms with Crippen molar-refractivity contribution < 1.29 is 9.26 Å². The Labute approximate surface area is 141 Å². The van der Waals surface area contributed by atoms with E-state index in [1.807, 2.05) is 19.9 Å².